The van der Waals surface area contributed by atoms with E-state index in [9.17, 15) is 9.90 Å². The standard InChI is InChI=1S/C14H25NO3/c1-2-18-14(17)11-7-9-15(10-8-11)12-3-5-13(16)6-4-12/h11-13,16H,2-10H2,1H3. The molecule has 1 N–H and O–H groups in total. The molecule has 2 fully saturated rings. The van der Waals surface area contributed by atoms with Crippen LogP contribution in [-0.2, 0) is 9.53 Å². The molecule has 1 saturated carbocycles. The zero-order chi connectivity index (χ0) is 13.0. The average molecular weight is 255 g/mol. The van der Waals surface area contributed by atoms with Gasteiger partial charge in [-0.3, -0.25) is 4.79 Å². The van der Waals surface area contributed by atoms with Crippen LogP contribution in [0.1, 0.15) is 45.4 Å². The fourth-order valence-electron chi connectivity index (χ4n) is 3.18. The Bertz CT molecular complexity index is 266. The van der Waals surface area contributed by atoms with E-state index in [4.69, 9.17) is 4.74 Å². The Morgan fingerprint density at radius 3 is 2.33 bits per heavy atom. The highest BCUT2D eigenvalue weighted by Gasteiger charge is 2.31. The highest BCUT2D eigenvalue weighted by molar-refractivity contribution is 5.72. The summed E-state index contributed by atoms with van der Waals surface area (Å²) < 4.78 is 5.09. The summed E-state index contributed by atoms with van der Waals surface area (Å²) in [5.41, 5.74) is 0. The summed E-state index contributed by atoms with van der Waals surface area (Å²) in [7, 11) is 0. The summed E-state index contributed by atoms with van der Waals surface area (Å²) in [5.74, 6) is 0.0894. The molecule has 2 rings (SSSR count). The molecule has 1 aliphatic carbocycles. The van der Waals surface area contributed by atoms with Crippen LogP contribution in [0.2, 0.25) is 0 Å². The van der Waals surface area contributed by atoms with Crippen LogP contribution in [0.3, 0.4) is 0 Å². The van der Waals surface area contributed by atoms with Crippen molar-refractivity contribution in [1.29, 1.82) is 0 Å². The summed E-state index contributed by atoms with van der Waals surface area (Å²) in [6, 6.07) is 0.622. The van der Waals surface area contributed by atoms with E-state index in [1.54, 1.807) is 0 Å². The topological polar surface area (TPSA) is 49.8 Å². The molecule has 0 unspecified atom stereocenters. The third-order valence-electron chi connectivity index (χ3n) is 4.33. The first-order valence-corrected chi connectivity index (χ1v) is 7.29. The molecule has 0 spiro atoms. The van der Waals surface area contributed by atoms with Gasteiger partial charge in [0.25, 0.3) is 0 Å². The minimum absolute atomic E-state index is 0.0174. The largest absolute Gasteiger partial charge is 0.466 e. The molecule has 0 aromatic carbocycles. The number of hydrogen-bond acceptors (Lipinski definition) is 4. The number of rotatable bonds is 3. The quantitative estimate of drug-likeness (QED) is 0.778. The summed E-state index contributed by atoms with van der Waals surface area (Å²) >= 11 is 0. The Balaban J connectivity index is 1.74. The lowest BCUT2D eigenvalue weighted by atomic mass is 9.89. The van der Waals surface area contributed by atoms with Crippen molar-refractivity contribution in [3.8, 4) is 0 Å². The van der Waals surface area contributed by atoms with Crippen LogP contribution < -0.4 is 0 Å². The number of hydrogen-bond donors (Lipinski definition) is 1. The molecule has 1 aliphatic heterocycles. The van der Waals surface area contributed by atoms with E-state index in [0.717, 1.165) is 51.6 Å². The van der Waals surface area contributed by atoms with Crippen LogP contribution >= 0.6 is 0 Å². The first-order chi connectivity index (χ1) is 8.70. The van der Waals surface area contributed by atoms with Crippen molar-refractivity contribution in [3.63, 3.8) is 0 Å². The minimum Gasteiger partial charge on any atom is -0.466 e. The van der Waals surface area contributed by atoms with Crippen LogP contribution in [0.5, 0.6) is 0 Å². The highest BCUT2D eigenvalue weighted by Crippen LogP contribution is 2.27. The highest BCUT2D eigenvalue weighted by atomic mass is 16.5. The van der Waals surface area contributed by atoms with Gasteiger partial charge in [0.05, 0.1) is 18.6 Å². The van der Waals surface area contributed by atoms with Gasteiger partial charge >= 0.3 is 5.97 Å². The lowest BCUT2D eigenvalue weighted by molar-refractivity contribution is -0.149. The van der Waals surface area contributed by atoms with Gasteiger partial charge < -0.3 is 14.7 Å². The molecule has 0 atom stereocenters. The summed E-state index contributed by atoms with van der Waals surface area (Å²) in [5, 5.41) is 9.52. The van der Waals surface area contributed by atoms with Crippen molar-refractivity contribution < 1.29 is 14.6 Å². The van der Waals surface area contributed by atoms with Crippen molar-refractivity contribution in [3.05, 3.63) is 0 Å². The second-order valence-electron chi connectivity index (χ2n) is 5.52. The molecule has 0 bridgehead atoms. The zero-order valence-electron chi connectivity index (χ0n) is 11.3. The minimum atomic E-state index is -0.0849. The van der Waals surface area contributed by atoms with E-state index >= 15 is 0 Å². The van der Waals surface area contributed by atoms with Gasteiger partial charge in [-0.1, -0.05) is 0 Å². The molecular weight excluding hydrogens is 230 g/mol. The molecule has 0 radical (unpaired) electrons. The van der Waals surface area contributed by atoms with Crippen molar-refractivity contribution in [1.82, 2.24) is 4.90 Å². The van der Waals surface area contributed by atoms with Gasteiger partial charge in [-0.05, 0) is 58.5 Å². The van der Waals surface area contributed by atoms with Gasteiger partial charge in [-0.15, -0.1) is 0 Å². The number of aliphatic hydroxyl groups is 1. The Morgan fingerprint density at radius 1 is 1.17 bits per heavy atom. The van der Waals surface area contributed by atoms with Crippen LogP contribution in [0, 0.1) is 5.92 Å². The Morgan fingerprint density at radius 2 is 1.78 bits per heavy atom. The first-order valence-electron chi connectivity index (χ1n) is 7.29. The summed E-state index contributed by atoms with van der Waals surface area (Å²) in [6.07, 6.45) is 5.84. The molecule has 1 saturated heterocycles. The van der Waals surface area contributed by atoms with Gasteiger partial charge in [0.15, 0.2) is 0 Å². The average Bonchev–Trinajstić information content (AvgIpc) is 2.40. The second-order valence-corrected chi connectivity index (χ2v) is 5.52. The lowest BCUT2D eigenvalue weighted by Crippen LogP contribution is -2.45. The van der Waals surface area contributed by atoms with Crippen molar-refractivity contribution in [2.45, 2.75) is 57.6 Å². The summed E-state index contributed by atoms with van der Waals surface area (Å²) in [6.45, 7) is 4.36. The summed E-state index contributed by atoms with van der Waals surface area (Å²) in [4.78, 5) is 14.2. The van der Waals surface area contributed by atoms with Crippen LogP contribution in [0.15, 0.2) is 0 Å². The zero-order valence-corrected chi connectivity index (χ0v) is 11.3. The maximum Gasteiger partial charge on any atom is 0.309 e. The molecule has 2 aliphatic rings. The van der Waals surface area contributed by atoms with Gasteiger partial charge in [0.2, 0.25) is 0 Å². The van der Waals surface area contributed by atoms with E-state index < -0.39 is 0 Å². The lowest BCUT2D eigenvalue weighted by Gasteiger charge is -2.39. The fraction of sp³-hybridized carbons (Fsp3) is 0.929. The molecule has 0 amide bonds. The molecular formula is C14H25NO3. The predicted molar refractivity (Wildman–Crippen MR) is 69.2 cm³/mol. The van der Waals surface area contributed by atoms with Gasteiger partial charge in [0.1, 0.15) is 0 Å². The number of piperidine rings is 1. The molecule has 0 aromatic heterocycles. The maximum atomic E-state index is 11.7. The third-order valence-corrected chi connectivity index (χ3v) is 4.33. The van der Waals surface area contributed by atoms with Crippen LogP contribution in [0.25, 0.3) is 0 Å². The van der Waals surface area contributed by atoms with Gasteiger partial charge in [-0.25, -0.2) is 0 Å². The molecule has 0 aromatic rings. The number of carbonyl (C=O) groups is 1. The number of nitrogens with zero attached hydrogens (tertiary/aromatic N) is 1. The number of esters is 1. The maximum absolute atomic E-state index is 11.7. The Labute approximate surface area is 109 Å². The van der Waals surface area contributed by atoms with Crippen molar-refractivity contribution in [2.75, 3.05) is 19.7 Å². The van der Waals surface area contributed by atoms with Gasteiger partial charge in [-0.2, -0.15) is 0 Å². The molecule has 1 heterocycles. The third kappa shape index (κ3) is 3.45. The Kier molecular flexibility index (Phi) is 5.01. The second kappa shape index (κ2) is 6.53. The SMILES string of the molecule is CCOC(=O)C1CCN(C2CCC(O)CC2)CC1. The number of likely N-dealkylation sites (tertiary alicyclic amines) is 1. The molecule has 18 heavy (non-hydrogen) atoms. The monoisotopic (exact) mass is 255 g/mol. The Hall–Kier alpha value is -0.610. The number of ether oxygens (including phenoxy) is 1. The van der Waals surface area contributed by atoms with Crippen molar-refractivity contribution >= 4 is 5.97 Å². The smallest absolute Gasteiger partial charge is 0.309 e. The number of aliphatic hydroxyl groups excluding tert-OH is 1. The van der Waals surface area contributed by atoms with E-state index in [0.29, 0.717) is 12.6 Å². The van der Waals surface area contributed by atoms with E-state index in [1.165, 1.54) is 0 Å². The first kappa shape index (κ1) is 13.8. The molecule has 4 heteroatoms. The predicted octanol–water partition coefficient (Wildman–Crippen LogP) is 1.56. The van der Waals surface area contributed by atoms with E-state index in [-0.39, 0.29) is 18.0 Å². The van der Waals surface area contributed by atoms with Gasteiger partial charge in [0, 0.05) is 6.04 Å². The van der Waals surface area contributed by atoms with E-state index in [1.807, 2.05) is 6.92 Å². The van der Waals surface area contributed by atoms with E-state index in [2.05, 4.69) is 4.90 Å². The molecule has 104 valence electrons. The van der Waals surface area contributed by atoms with Crippen molar-refractivity contribution in [2.24, 2.45) is 5.92 Å². The van der Waals surface area contributed by atoms with Crippen LogP contribution in [0.4, 0.5) is 0 Å². The molecule has 4 nitrogen and oxygen atoms in total. The fourth-order valence-corrected chi connectivity index (χ4v) is 3.18. The number of carbonyl (C=O) groups excluding carboxylic acids is 1. The normalized spacial score (nSPS) is 31.2. The van der Waals surface area contributed by atoms with Crippen LogP contribution in [-0.4, -0.2) is 47.8 Å².